The zero-order valence-corrected chi connectivity index (χ0v) is 13.6. The Morgan fingerprint density at radius 3 is 2.95 bits per heavy atom. The van der Waals surface area contributed by atoms with Crippen LogP contribution in [0.3, 0.4) is 0 Å². The first-order valence-corrected chi connectivity index (χ1v) is 7.99. The van der Waals surface area contributed by atoms with Gasteiger partial charge in [0, 0.05) is 23.1 Å². The normalized spacial score (nSPS) is 23.4. The van der Waals surface area contributed by atoms with Crippen molar-refractivity contribution in [1.29, 1.82) is 0 Å². The maximum absolute atomic E-state index is 5.99. The van der Waals surface area contributed by atoms with Crippen molar-refractivity contribution in [3.8, 4) is 11.5 Å². The van der Waals surface area contributed by atoms with E-state index in [9.17, 15) is 0 Å². The molecule has 1 aromatic carbocycles. The molecule has 1 aliphatic heterocycles. The van der Waals surface area contributed by atoms with Gasteiger partial charge in [0.25, 0.3) is 0 Å². The quantitative estimate of drug-likeness (QED) is 0.921. The van der Waals surface area contributed by atoms with Crippen molar-refractivity contribution >= 4 is 15.9 Å². The first kappa shape index (κ1) is 14.7. The minimum Gasteiger partial charge on any atom is -0.419 e. The number of nitrogens with two attached hydrogens (primary N) is 1. The van der Waals surface area contributed by atoms with Gasteiger partial charge in [0.05, 0.1) is 12.1 Å². The summed E-state index contributed by atoms with van der Waals surface area (Å²) in [5.41, 5.74) is 6.92. The zero-order valence-electron chi connectivity index (χ0n) is 12.0. The Hall–Kier alpha value is -1.24. The van der Waals surface area contributed by atoms with Crippen LogP contribution in [-0.4, -0.2) is 33.7 Å². The Labute approximate surface area is 132 Å². The van der Waals surface area contributed by atoms with Gasteiger partial charge in [0.15, 0.2) is 0 Å². The lowest BCUT2D eigenvalue weighted by atomic mass is 9.99. The third-order valence-corrected chi connectivity index (χ3v) is 4.66. The Morgan fingerprint density at radius 2 is 2.19 bits per heavy atom. The summed E-state index contributed by atoms with van der Waals surface area (Å²) in [5, 5.41) is 8.33. The standard InChI is InChI=1S/C15H19BrN4O/c1-10-8-11(17)6-7-20(10)9-14-18-19-15(21-14)12-4-2-3-5-13(12)16/h2-5,10-11H,6-9,17H2,1H3. The van der Waals surface area contributed by atoms with Crippen molar-refractivity contribution in [2.75, 3.05) is 6.54 Å². The fourth-order valence-electron chi connectivity index (χ4n) is 2.73. The van der Waals surface area contributed by atoms with Crippen molar-refractivity contribution in [2.24, 2.45) is 5.73 Å². The maximum Gasteiger partial charge on any atom is 0.248 e. The highest BCUT2D eigenvalue weighted by molar-refractivity contribution is 9.10. The molecular formula is C15H19BrN4O. The number of aromatic nitrogens is 2. The summed E-state index contributed by atoms with van der Waals surface area (Å²) in [6.07, 6.45) is 2.04. The number of benzene rings is 1. The summed E-state index contributed by atoms with van der Waals surface area (Å²) < 4.78 is 6.76. The summed E-state index contributed by atoms with van der Waals surface area (Å²) in [6.45, 7) is 3.87. The monoisotopic (exact) mass is 350 g/mol. The fourth-order valence-corrected chi connectivity index (χ4v) is 3.18. The molecule has 1 aromatic heterocycles. The molecule has 2 aromatic rings. The topological polar surface area (TPSA) is 68.2 Å². The third-order valence-electron chi connectivity index (χ3n) is 3.96. The largest absolute Gasteiger partial charge is 0.419 e. The fraction of sp³-hybridized carbons (Fsp3) is 0.467. The van der Waals surface area contributed by atoms with Gasteiger partial charge < -0.3 is 10.2 Å². The maximum atomic E-state index is 5.99. The van der Waals surface area contributed by atoms with Crippen LogP contribution in [-0.2, 0) is 6.54 Å². The molecule has 21 heavy (non-hydrogen) atoms. The predicted molar refractivity (Wildman–Crippen MR) is 84.5 cm³/mol. The molecule has 112 valence electrons. The molecule has 0 amide bonds. The average molecular weight is 351 g/mol. The molecule has 2 N–H and O–H groups in total. The lowest BCUT2D eigenvalue weighted by molar-refractivity contribution is 0.128. The van der Waals surface area contributed by atoms with E-state index in [-0.39, 0.29) is 0 Å². The Morgan fingerprint density at radius 1 is 1.38 bits per heavy atom. The Balaban J connectivity index is 1.72. The number of nitrogens with zero attached hydrogens (tertiary/aromatic N) is 3. The van der Waals surface area contributed by atoms with E-state index in [0.29, 0.717) is 30.4 Å². The van der Waals surface area contributed by atoms with Crippen molar-refractivity contribution in [1.82, 2.24) is 15.1 Å². The highest BCUT2D eigenvalue weighted by Gasteiger charge is 2.24. The van der Waals surface area contributed by atoms with Crippen LogP contribution in [0.1, 0.15) is 25.7 Å². The summed E-state index contributed by atoms with van der Waals surface area (Å²) in [7, 11) is 0. The molecule has 2 atom stereocenters. The Bertz CT molecular complexity index is 615. The lowest BCUT2D eigenvalue weighted by Crippen LogP contribution is -2.45. The molecule has 0 aliphatic carbocycles. The SMILES string of the molecule is CC1CC(N)CCN1Cc1nnc(-c2ccccc2Br)o1. The molecular weight excluding hydrogens is 332 g/mol. The molecule has 1 saturated heterocycles. The van der Waals surface area contributed by atoms with Crippen molar-refractivity contribution in [3.63, 3.8) is 0 Å². The number of halogens is 1. The van der Waals surface area contributed by atoms with Crippen LogP contribution in [0.2, 0.25) is 0 Å². The molecule has 0 spiro atoms. The lowest BCUT2D eigenvalue weighted by Gasteiger charge is -2.35. The first-order chi connectivity index (χ1) is 10.1. The van der Waals surface area contributed by atoms with E-state index in [1.165, 1.54) is 0 Å². The van der Waals surface area contributed by atoms with Crippen LogP contribution >= 0.6 is 15.9 Å². The Kier molecular flexibility index (Phi) is 4.37. The second-order valence-electron chi connectivity index (χ2n) is 5.58. The van der Waals surface area contributed by atoms with E-state index in [0.717, 1.165) is 29.4 Å². The van der Waals surface area contributed by atoms with E-state index in [1.54, 1.807) is 0 Å². The smallest absolute Gasteiger partial charge is 0.248 e. The summed E-state index contributed by atoms with van der Waals surface area (Å²) in [4.78, 5) is 2.35. The number of hydrogen-bond donors (Lipinski definition) is 1. The highest BCUT2D eigenvalue weighted by atomic mass is 79.9. The minimum atomic E-state index is 0.315. The number of piperidine rings is 1. The summed E-state index contributed by atoms with van der Waals surface area (Å²) in [5.74, 6) is 1.21. The number of hydrogen-bond acceptors (Lipinski definition) is 5. The third kappa shape index (κ3) is 3.33. The van der Waals surface area contributed by atoms with Gasteiger partial charge in [0.2, 0.25) is 11.8 Å². The van der Waals surface area contributed by atoms with Crippen molar-refractivity contribution in [2.45, 2.75) is 38.4 Å². The van der Waals surface area contributed by atoms with Crippen LogP contribution in [0.25, 0.3) is 11.5 Å². The van der Waals surface area contributed by atoms with Gasteiger partial charge in [0.1, 0.15) is 0 Å². The van der Waals surface area contributed by atoms with Crippen molar-refractivity contribution in [3.05, 3.63) is 34.6 Å². The second-order valence-corrected chi connectivity index (χ2v) is 6.44. The van der Waals surface area contributed by atoms with E-state index < -0.39 is 0 Å². The molecule has 6 heteroatoms. The second kappa shape index (κ2) is 6.25. The van der Waals surface area contributed by atoms with E-state index in [1.807, 2.05) is 24.3 Å². The van der Waals surface area contributed by atoms with Gasteiger partial charge in [-0.2, -0.15) is 0 Å². The average Bonchev–Trinajstić information content (AvgIpc) is 2.91. The van der Waals surface area contributed by atoms with Crippen LogP contribution in [0.5, 0.6) is 0 Å². The molecule has 1 fully saturated rings. The summed E-state index contributed by atoms with van der Waals surface area (Å²) >= 11 is 3.50. The van der Waals surface area contributed by atoms with Gasteiger partial charge in [-0.15, -0.1) is 10.2 Å². The van der Waals surface area contributed by atoms with Crippen LogP contribution < -0.4 is 5.73 Å². The molecule has 5 nitrogen and oxygen atoms in total. The molecule has 2 heterocycles. The van der Waals surface area contributed by atoms with Gasteiger partial charge in [-0.3, -0.25) is 4.90 Å². The van der Waals surface area contributed by atoms with E-state index in [2.05, 4.69) is 38.0 Å². The van der Waals surface area contributed by atoms with E-state index >= 15 is 0 Å². The number of rotatable bonds is 3. The molecule has 2 unspecified atom stereocenters. The zero-order chi connectivity index (χ0) is 14.8. The molecule has 1 aliphatic rings. The van der Waals surface area contributed by atoms with Gasteiger partial charge in [-0.1, -0.05) is 12.1 Å². The highest BCUT2D eigenvalue weighted by Crippen LogP contribution is 2.27. The van der Waals surface area contributed by atoms with Gasteiger partial charge >= 0.3 is 0 Å². The summed E-state index contributed by atoms with van der Waals surface area (Å²) in [6, 6.07) is 8.61. The van der Waals surface area contributed by atoms with Crippen LogP contribution in [0, 0.1) is 0 Å². The molecule has 0 radical (unpaired) electrons. The molecule has 0 saturated carbocycles. The molecule has 3 rings (SSSR count). The van der Waals surface area contributed by atoms with Gasteiger partial charge in [-0.05, 0) is 47.8 Å². The van der Waals surface area contributed by atoms with Crippen molar-refractivity contribution < 1.29 is 4.42 Å². The van der Waals surface area contributed by atoms with Gasteiger partial charge in [-0.25, -0.2) is 0 Å². The molecule has 0 bridgehead atoms. The van der Waals surface area contributed by atoms with E-state index in [4.69, 9.17) is 10.2 Å². The predicted octanol–water partition coefficient (Wildman–Crippen LogP) is 2.81. The minimum absolute atomic E-state index is 0.315. The van der Waals surface area contributed by atoms with Crippen LogP contribution in [0.4, 0.5) is 0 Å². The van der Waals surface area contributed by atoms with Crippen LogP contribution in [0.15, 0.2) is 33.2 Å². The first-order valence-electron chi connectivity index (χ1n) is 7.20. The number of likely N-dealkylation sites (tertiary alicyclic amines) is 1.